The second kappa shape index (κ2) is 18.5. The van der Waals surface area contributed by atoms with Gasteiger partial charge in [-0.2, -0.15) is 10.2 Å². The van der Waals surface area contributed by atoms with Crippen molar-refractivity contribution in [3.8, 4) is 11.1 Å². The first-order chi connectivity index (χ1) is 33.0. The third-order valence-corrected chi connectivity index (χ3v) is 13.0. The molecule has 340 valence electrons. The van der Waals surface area contributed by atoms with Crippen LogP contribution in [0.15, 0.2) is 171 Å². The van der Waals surface area contributed by atoms with Gasteiger partial charge in [-0.3, -0.25) is 9.13 Å². The highest BCUT2D eigenvalue weighted by molar-refractivity contribution is 6.33. The fourth-order valence-electron chi connectivity index (χ4n) is 8.83. The Morgan fingerprint density at radius 3 is 1.72 bits per heavy atom. The summed E-state index contributed by atoms with van der Waals surface area (Å²) in [5.74, 6) is 0.0119. The van der Waals surface area contributed by atoms with E-state index in [4.69, 9.17) is 48.3 Å². The van der Waals surface area contributed by atoms with Crippen molar-refractivity contribution < 1.29 is 9.53 Å². The molecule has 0 spiro atoms. The number of carbonyl (C=O) groups excluding carboxylic acids is 1. The molecule has 0 amide bonds. The Morgan fingerprint density at radius 2 is 1.12 bits per heavy atom. The minimum atomic E-state index is -0.434. The number of benzene rings is 6. The molecular formula is C52H44Cl2N10O4. The summed E-state index contributed by atoms with van der Waals surface area (Å²) in [4.78, 5) is 39.1. The Labute approximate surface area is 401 Å². The number of anilines is 2. The van der Waals surface area contributed by atoms with Crippen LogP contribution in [-0.2, 0) is 31.9 Å². The Morgan fingerprint density at radius 1 is 0.588 bits per heavy atom. The number of hydrazone groups is 2. The number of hydrogen-bond donors (Lipinski definition) is 0. The second-order valence-corrected chi connectivity index (χ2v) is 17.6. The average Bonchev–Trinajstić information content (AvgIpc) is 4.15. The first-order valence-corrected chi connectivity index (χ1v) is 22.7. The number of rotatable bonds is 12. The van der Waals surface area contributed by atoms with Gasteiger partial charge in [0.25, 0.3) is 0 Å². The van der Waals surface area contributed by atoms with Crippen molar-refractivity contribution in [1.29, 1.82) is 0 Å². The molecule has 2 aliphatic heterocycles. The third kappa shape index (κ3) is 8.55. The average molecular weight is 944 g/mol. The fourth-order valence-corrected chi connectivity index (χ4v) is 9.19. The molecule has 0 bridgehead atoms. The van der Waals surface area contributed by atoms with Gasteiger partial charge in [-0.1, -0.05) is 138 Å². The number of nitrogens with zero attached hydrogens (tertiary/aromatic N) is 10. The minimum Gasteiger partial charge on any atom is -0.465 e. The molecule has 2 aromatic heterocycles. The highest BCUT2D eigenvalue weighted by Gasteiger charge is 2.35. The largest absolute Gasteiger partial charge is 0.465 e. The van der Waals surface area contributed by atoms with Crippen LogP contribution < -0.4 is 21.4 Å². The lowest BCUT2D eigenvalue weighted by Gasteiger charge is -2.17. The predicted molar refractivity (Wildman–Crippen MR) is 265 cm³/mol. The van der Waals surface area contributed by atoms with Gasteiger partial charge in [0.05, 0.1) is 50.3 Å². The topological polar surface area (TPSA) is 137 Å². The summed E-state index contributed by atoms with van der Waals surface area (Å²) in [5, 5.41) is 24.6. The van der Waals surface area contributed by atoms with Crippen LogP contribution in [0.25, 0.3) is 11.1 Å². The van der Waals surface area contributed by atoms with E-state index in [1.807, 2.05) is 97.1 Å². The number of methoxy groups -OCH3 is 1. The first kappa shape index (κ1) is 44.0. The molecule has 1 unspecified atom stereocenters. The van der Waals surface area contributed by atoms with E-state index < -0.39 is 5.97 Å². The molecule has 4 heterocycles. The van der Waals surface area contributed by atoms with Crippen LogP contribution in [-0.4, -0.2) is 66.3 Å². The summed E-state index contributed by atoms with van der Waals surface area (Å²) < 4.78 is 10.7. The normalized spacial score (nSPS) is 15.7. The van der Waals surface area contributed by atoms with Gasteiger partial charge >= 0.3 is 17.3 Å². The molecular weight excluding hydrogens is 900 g/mol. The molecule has 0 aliphatic carbocycles. The number of aromatic nitrogens is 6. The fraction of sp³-hybridized carbons (Fsp3) is 0.173. The van der Waals surface area contributed by atoms with Crippen LogP contribution in [0.1, 0.15) is 55.6 Å². The van der Waals surface area contributed by atoms with Gasteiger partial charge in [-0.25, -0.2) is 33.8 Å². The number of halogens is 2. The van der Waals surface area contributed by atoms with E-state index in [0.29, 0.717) is 47.1 Å². The van der Waals surface area contributed by atoms with Crippen molar-refractivity contribution in [2.45, 2.75) is 24.9 Å². The summed E-state index contributed by atoms with van der Waals surface area (Å²) in [7, 11) is 4.74. The summed E-state index contributed by atoms with van der Waals surface area (Å²) in [5.41, 5.74) is 8.78. The van der Waals surface area contributed by atoms with Gasteiger partial charge in [0.1, 0.15) is 0 Å². The summed E-state index contributed by atoms with van der Waals surface area (Å²) in [6.07, 6.45) is 0. The summed E-state index contributed by atoms with van der Waals surface area (Å²) in [6.45, 7) is 1.39. The Hall–Kier alpha value is -7.81. The van der Waals surface area contributed by atoms with E-state index in [-0.39, 0.29) is 29.8 Å². The number of carbonyl (C=O) groups is 1. The van der Waals surface area contributed by atoms with E-state index >= 15 is 0 Å². The molecule has 0 saturated carbocycles. The predicted octanol–water partition coefficient (Wildman–Crippen LogP) is 8.35. The highest BCUT2D eigenvalue weighted by atomic mass is 35.5. The highest BCUT2D eigenvalue weighted by Crippen LogP contribution is 2.38. The number of hydrogen-bond acceptors (Lipinski definition) is 10. The standard InChI is InChI=1S/C52H44Cl2N10O4/c1-59-49(58-64(52(59)67)30-34-17-19-37(20-18-34)48(65)68-3)61-31-43(35-13-8-5-9-14-35)47(56-61)40-23-26-45(54)42(28-40)38-15-10-16-39(27-38)44-32-62(55-46(44)36-21-24-41(53)25-22-36)50-57-63(51(66)60(50)2)29-33-11-6-4-7-12-33/h4-28,43-44H,29-32H2,1-3H3/t43?,44-/m1/s1. The van der Waals surface area contributed by atoms with Crippen LogP contribution in [0.5, 0.6) is 0 Å². The number of esters is 1. The Bertz CT molecular complexity index is 3360. The SMILES string of the molecule is COC(=O)c1ccc(Cn2nc(N3CC(c4ccccc4)C(c4ccc(Cl)c(-c5cccc([C@H]6CN(c7nn(Cc8ccccc8)c(=O)n7C)N=C6c6ccc(Cl)cc6)c5)c4)=N3)n(C)c2=O)cc1. The summed E-state index contributed by atoms with van der Waals surface area (Å²) in [6, 6.07) is 48.6. The molecule has 0 radical (unpaired) electrons. The monoisotopic (exact) mass is 942 g/mol. The van der Waals surface area contributed by atoms with E-state index in [1.165, 1.54) is 25.6 Å². The molecule has 2 atom stereocenters. The third-order valence-electron chi connectivity index (χ3n) is 12.4. The van der Waals surface area contributed by atoms with E-state index in [2.05, 4.69) is 30.3 Å². The number of ether oxygens (including phenoxy) is 1. The lowest BCUT2D eigenvalue weighted by Crippen LogP contribution is -2.25. The van der Waals surface area contributed by atoms with Gasteiger partial charge in [0, 0.05) is 41.5 Å². The van der Waals surface area contributed by atoms with Gasteiger partial charge in [-0.05, 0) is 75.3 Å². The van der Waals surface area contributed by atoms with E-state index in [1.54, 1.807) is 48.4 Å². The van der Waals surface area contributed by atoms with E-state index in [0.717, 1.165) is 55.9 Å². The summed E-state index contributed by atoms with van der Waals surface area (Å²) >= 11 is 13.4. The zero-order valence-electron chi connectivity index (χ0n) is 37.3. The van der Waals surface area contributed by atoms with Gasteiger partial charge in [-0.15, -0.1) is 10.2 Å². The minimum absolute atomic E-state index is 0.169. The van der Waals surface area contributed by atoms with Crippen molar-refractivity contribution >= 4 is 52.5 Å². The maximum Gasteiger partial charge on any atom is 0.347 e. The zero-order chi connectivity index (χ0) is 47.1. The van der Waals surface area contributed by atoms with Crippen molar-refractivity contribution in [2.75, 3.05) is 30.2 Å². The van der Waals surface area contributed by atoms with E-state index in [9.17, 15) is 14.4 Å². The molecule has 6 aromatic carbocycles. The molecule has 0 N–H and O–H groups in total. The quantitative estimate of drug-likeness (QED) is 0.112. The maximum absolute atomic E-state index is 13.6. The van der Waals surface area contributed by atoms with Crippen LogP contribution in [0.3, 0.4) is 0 Å². The van der Waals surface area contributed by atoms with Crippen LogP contribution in [0.2, 0.25) is 10.0 Å². The molecule has 0 fully saturated rings. The maximum atomic E-state index is 13.6. The van der Waals surface area contributed by atoms with Crippen molar-refractivity contribution in [3.05, 3.63) is 222 Å². The van der Waals surface area contributed by atoms with Crippen LogP contribution in [0, 0.1) is 0 Å². The first-order valence-electron chi connectivity index (χ1n) is 21.9. The van der Waals surface area contributed by atoms with Crippen molar-refractivity contribution in [1.82, 2.24) is 28.7 Å². The smallest absolute Gasteiger partial charge is 0.347 e. The van der Waals surface area contributed by atoms with Crippen molar-refractivity contribution in [3.63, 3.8) is 0 Å². The van der Waals surface area contributed by atoms with Crippen LogP contribution >= 0.6 is 23.2 Å². The van der Waals surface area contributed by atoms with Gasteiger partial charge in [0.15, 0.2) is 0 Å². The van der Waals surface area contributed by atoms with Crippen molar-refractivity contribution in [2.24, 2.45) is 24.3 Å². The molecule has 10 rings (SSSR count). The molecule has 16 heteroatoms. The Kier molecular flexibility index (Phi) is 12.0. The Balaban J connectivity index is 0.979. The lowest BCUT2D eigenvalue weighted by molar-refractivity contribution is 0.0600. The van der Waals surface area contributed by atoms with Gasteiger partial charge in [0.2, 0.25) is 11.9 Å². The van der Waals surface area contributed by atoms with Gasteiger partial charge < -0.3 is 4.74 Å². The zero-order valence-corrected chi connectivity index (χ0v) is 38.8. The molecule has 0 saturated heterocycles. The molecule has 14 nitrogen and oxygen atoms in total. The second-order valence-electron chi connectivity index (χ2n) is 16.8. The van der Waals surface area contributed by atoms with Crippen LogP contribution in [0.4, 0.5) is 11.9 Å². The molecule has 68 heavy (non-hydrogen) atoms. The molecule has 8 aromatic rings. The molecule has 2 aliphatic rings. The lowest BCUT2D eigenvalue weighted by atomic mass is 9.87.